The standard InChI is InChI=1S/C20H18Br2O3/c1-13(2)9-10-25-16-6-3-14(20(24)12-16)5-8-19(23)15-4-7-17(21)18(22)11-15/h3-8,11-12,24H,1,9-10H2,2H3/b8-5+. The largest absolute Gasteiger partial charge is 0.507 e. The van der Waals surface area contributed by atoms with Gasteiger partial charge in [-0.3, -0.25) is 4.79 Å². The van der Waals surface area contributed by atoms with Crippen molar-refractivity contribution in [2.24, 2.45) is 0 Å². The summed E-state index contributed by atoms with van der Waals surface area (Å²) < 4.78 is 7.24. The highest BCUT2D eigenvalue weighted by Crippen LogP contribution is 2.26. The third-order valence-electron chi connectivity index (χ3n) is 3.42. The second-order valence-corrected chi connectivity index (χ2v) is 7.31. The Hall–Kier alpha value is -1.85. The molecule has 5 heteroatoms. The Morgan fingerprint density at radius 3 is 2.60 bits per heavy atom. The number of halogens is 2. The minimum Gasteiger partial charge on any atom is -0.507 e. The second kappa shape index (κ2) is 9.02. The normalized spacial score (nSPS) is 10.8. The zero-order valence-corrected chi connectivity index (χ0v) is 16.9. The molecule has 2 aromatic rings. The van der Waals surface area contributed by atoms with Crippen LogP contribution in [0.3, 0.4) is 0 Å². The molecule has 0 aliphatic heterocycles. The van der Waals surface area contributed by atoms with Crippen LogP contribution in [0.15, 0.2) is 63.6 Å². The Bertz CT molecular complexity index is 826. The number of ether oxygens (including phenoxy) is 1. The number of phenolic OH excluding ortho intramolecular Hbond substituents is 1. The molecule has 0 bridgehead atoms. The lowest BCUT2D eigenvalue weighted by Crippen LogP contribution is -1.97. The number of rotatable bonds is 7. The Kier molecular flexibility index (Phi) is 7.02. The molecule has 0 atom stereocenters. The van der Waals surface area contributed by atoms with Crippen LogP contribution in [0.25, 0.3) is 6.08 Å². The van der Waals surface area contributed by atoms with Crippen molar-refractivity contribution in [3.63, 3.8) is 0 Å². The highest BCUT2D eigenvalue weighted by atomic mass is 79.9. The van der Waals surface area contributed by atoms with Crippen molar-refractivity contribution in [3.05, 3.63) is 74.7 Å². The monoisotopic (exact) mass is 464 g/mol. The third-order valence-corrected chi connectivity index (χ3v) is 5.30. The molecular formula is C20H18Br2O3. The fourth-order valence-corrected chi connectivity index (χ4v) is 2.63. The second-order valence-electron chi connectivity index (χ2n) is 5.60. The maximum atomic E-state index is 12.2. The molecule has 0 radical (unpaired) electrons. The van der Waals surface area contributed by atoms with Gasteiger partial charge in [-0.1, -0.05) is 5.57 Å². The van der Waals surface area contributed by atoms with E-state index in [4.69, 9.17) is 4.74 Å². The van der Waals surface area contributed by atoms with Crippen LogP contribution >= 0.6 is 31.9 Å². The summed E-state index contributed by atoms with van der Waals surface area (Å²) in [5.74, 6) is 0.502. The maximum absolute atomic E-state index is 12.2. The highest BCUT2D eigenvalue weighted by molar-refractivity contribution is 9.13. The van der Waals surface area contributed by atoms with E-state index in [0.717, 1.165) is 20.9 Å². The lowest BCUT2D eigenvalue weighted by molar-refractivity contribution is 0.104. The van der Waals surface area contributed by atoms with E-state index in [2.05, 4.69) is 38.4 Å². The quantitative estimate of drug-likeness (QED) is 0.302. The fraction of sp³-hybridized carbons (Fsp3) is 0.150. The van der Waals surface area contributed by atoms with Crippen LogP contribution in [-0.2, 0) is 0 Å². The van der Waals surface area contributed by atoms with Gasteiger partial charge in [0.05, 0.1) is 6.61 Å². The van der Waals surface area contributed by atoms with Gasteiger partial charge in [0.15, 0.2) is 5.78 Å². The number of benzene rings is 2. The molecule has 130 valence electrons. The average Bonchev–Trinajstić information content (AvgIpc) is 2.56. The number of ketones is 1. The van der Waals surface area contributed by atoms with Gasteiger partial charge in [-0.15, -0.1) is 6.58 Å². The summed E-state index contributed by atoms with van der Waals surface area (Å²) in [5, 5.41) is 10.1. The molecule has 1 N–H and O–H groups in total. The average molecular weight is 466 g/mol. The molecule has 3 nitrogen and oxygen atoms in total. The molecule has 25 heavy (non-hydrogen) atoms. The van der Waals surface area contributed by atoms with Crippen molar-refractivity contribution in [2.45, 2.75) is 13.3 Å². The molecule has 0 amide bonds. The van der Waals surface area contributed by atoms with E-state index in [1.54, 1.807) is 42.5 Å². The highest BCUT2D eigenvalue weighted by Gasteiger charge is 2.06. The smallest absolute Gasteiger partial charge is 0.185 e. The minimum absolute atomic E-state index is 0.0638. The van der Waals surface area contributed by atoms with Gasteiger partial charge in [-0.2, -0.15) is 0 Å². The first-order valence-corrected chi connectivity index (χ1v) is 9.23. The van der Waals surface area contributed by atoms with Crippen LogP contribution in [0.1, 0.15) is 29.3 Å². The number of hydrogen-bond acceptors (Lipinski definition) is 3. The molecule has 0 aliphatic rings. The summed E-state index contributed by atoms with van der Waals surface area (Å²) in [5.41, 5.74) is 2.16. The summed E-state index contributed by atoms with van der Waals surface area (Å²) in [6, 6.07) is 10.3. The lowest BCUT2D eigenvalue weighted by atomic mass is 10.1. The van der Waals surface area contributed by atoms with E-state index in [-0.39, 0.29) is 11.5 Å². The Morgan fingerprint density at radius 1 is 1.20 bits per heavy atom. The van der Waals surface area contributed by atoms with Crippen molar-refractivity contribution in [2.75, 3.05) is 6.61 Å². The zero-order valence-electron chi connectivity index (χ0n) is 13.8. The van der Waals surface area contributed by atoms with Gasteiger partial charge in [0.1, 0.15) is 11.5 Å². The molecule has 2 aromatic carbocycles. The predicted octanol–water partition coefficient (Wildman–Crippen LogP) is 6.16. The van der Waals surface area contributed by atoms with Crippen molar-refractivity contribution in [1.29, 1.82) is 0 Å². The fourth-order valence-electron chi connectivity index (χ4n) is 2.01. The van der Waals surface area contributed by atoms with Crippen LogP contribution in [0.2, 0.25) is 0 Å². The third kappa shape index (κ3) is 5.87. The topological polar surface area (TPSA) is 46.5 Å². The number of carbonyl (C=O) groups excluding carboxylic acids is 1. The molecule has 0 aliphatic carbocycles. The molecule has 0 spiro atoms. The van der Waals surface area contributed by atoms with Gasteiger partial charge >= 0.3 is 0 Å². The van der Waals surface area contributed by atoms with Crippen LogP contribution in [0.4, 0.5) is 0 Å². The van der Waals surface area contributed by atoms with Crippen LogP contribution in [0.5, 0.6) is 11.5 Å². The van der Waals surface area contributed by atoms with Gasteiger partial charge in [0, 0.05) is 32.6 Å². The van der Waals surface area contributed by atoms with Gasteiger partial charge in [-0.05, 0) is 81.3 Å². The van der Waals surface area contributed by atoms with Gasteiger partial charge in [-0.25, -0.2) is 0 Å². The first-order valence-electron chi connectivity index (χ1n) is 7.64. The first-order chi connectivity index (χ1) is 11.9. The Morgan fingerprint density at radius 2 is 1.96 bits per heavy atom. The molecule has 0 saturated heterocycles. The minimum atomic E-state index is -0.144. The van der Waals surface area contributed by atoms with Crippen molar-refractivity contribution < 1.29 is 14.6 Å². The predicted molar refractivity (Wildman–Crippen MR) is 108 cm³/mol. The van der Waals surface area contributed by atoms with Gasteiger partial charge < -0.3 is 9.84 Å². The van der Waals surface area contributed by atoms with E-state index < -0.39 is 0 Å². The Balaban J connectivity index is 2.06. The van der Waals surface area contributed by atoms with Gasteiger partial charge in [0.2, 0.25) is 0 Å². The molecule has 0 heterocycles. The summed E-state index contributed by atoms with van der Waals surface area (Å²) >= 11 is 6.75. The molecule has 0 saturated carbocycles. The number of aromatic hydroxyl groups is 1. The number of hydrogen-bond donors (Lipinski definition) is 1. The lowest BCUT2D eigenvalue weighted by Gasteiger charge is -2.07. The van der Waals surface area contributed by atoms with E-state index in [9.17, 15) is 9.90 Å². The molecule has 0 fully saturated rings. The first kappa shape index (κ1) is 19.5. The van der Waals surface area contributed by atoms with Gasteiger partial charge in [0.25, 0.3) is 0 Å². The Labute approximate surface area is 164 Å². The van der Waals surface area contributed by atoms with Crippen molar-refractivity contribution >= 4 is 43.7 Å². The van der Waals surface area contributed by atoms with Crippen LogP contribution in [-0.4, -0.2) is 17.5 Å². The SMILES string of the molecule is C=C(C)CCOc1ccc(/C=C/C(=O)c2ccc(Br)c(Br)c2)c(O)c1. The molecular weight excluding hydrogens is 448 g/mol. The van der Waals surface area contributed by atoms with E-state index >= 15 is 0 Å². The molecule has 2 rings (SSSR count). The summed E-state index contributed by atoms with van der Waals surface area (Å²) in [6.07, 6.45) is 3.79. The van der Waals surface area contributed by atoms with Crippen LogP contribution < -0.4 is 4.74 Å². The number of allylic oxidation sites excluding steroid dienone is 1. The van der Waals surface area contributed by atoms with E-state index in [1.165, 1.54) is 6.08 Å². The van der Waals surface area contributed by atoms with Crippen molar-refractivity contribution in [1.82, 2.24) is 0 Å². The van der Waals surface area contributed by atoms with E-state index in [1.807, 2.05) is 6.92 Å². The molecule has 0 aromatic heterocycles. The number of phenols is 1. The van der Waals surface area contributed by atoms with E-state index in [0.29, 0.717) is 23.5 Å². The summed E-state index contributed by atoms with van der Waals surface area (Å²) in [6.45, 7) is 6.27. The number of carbonyl (C=O) groups is 1. The molecule has 0 unspecified atom stereocenters. The summed E-state index contributed by atoms with van der Waals surface area (Å²) in [4.78, 5) is 12.2. The maximum Gasteiger partial charge on any atom is 0.185 e. The van der Waals surface area contributed by atoms with Crippen LogP contribution in [0, 0.1) is 0 Å². The van der Waals surface area contributed by atoms with Crippen molar-refractivity contribution in [3.8, 4) is 11.5 Å². The summed E-state index contributed by atoms with van der Waals surface area (Å²) in [7, 11) is 0. The zero-order chi connectivity index (χ0) is 18.4.